The lowest BCUT2D eigenvalue weighted by Crippen LogP contribution is -2.66. The van der Waals surface area contributed by atoms with Gasteiger partial charge < -0.3 is 10.4 Å². The predicted octanol–water partition coefficient (Wildman–Crippen LogP) is 2.96. The van der Waals surface area contributed by atoms with Gasteiger partial charge in [0, 0.05) is 12.1 Å². The molecule has 4 aliphatic rings. The Morgan fingerprint density at radius 3 is 2.10 bits per heavy atom. The minimum Gasteiger partial charge on any atom is -0.394 e. The third kappa shape index (κ3) is 1.93. The number of nitrogens with one attached hydrogen (secondary N) is 1. The van der Waals surface area contributed by atoms with Gasteiger partial charge >= 0.3 is 0 Å². The van der Waals surface area contributed by atoms with Crippen LogP contribution in [0.2, 0.25) is 0 Å². The molecule has 4 aliphatic carbocycles. The molecule has 0 unspecified atom stereocenters. The first kappa shape index (κ1) is 12.8. The maximum atomic E-state index is 10.2. The Morgan fingerprint density at radius 1 is 0.950 bits per heavy atom. The van der Waals surface area contributed by atoms with Crippen molar-refractivity contribution in [2.75, 3.05) is 6.61 Å². The molecule has 4 saturated carbocycles. The normalized spacial score (nSPS) is 42.0. The molecule has 0 amide bonds. The summed E-state index contributed by atoms with van der Waals surface area (Å²) in [5.41, 5.74) is 1.33. The predicted molar refractivity (Wildman–Crippen MR) is 80.1 cm³/mol. The molecular formula is C18H25NO. The van der Waals surface area contributed by atoms with Gasteiger partial charge in [0.2, 0.25) is 0 Å². The Balaban J connectivity index is 1.54. The number of aliphatic hydroxyl groups is 1. The van der Waals surface area contributed by atoms with Crippen LogP contribution >= 0.6 is 0 Å². The van der Waals surface area contributed by atoms with Gasteiger partial charge in [-0.05, 0) is 61.3 Å². The van der Waals surface area contributed by atoms with Crippen LogP contribution in [0.3, 0.4) is 0 Å². The molecule has 2 N–H and O–H groups in total. The van der Waals surface area contributed by atoms with Gasteiger partial charge in [-0.3, -0.25) is 0 Å². The first-order valence-corrected chi connectivity index (χ1v) is 8.20. The van der Waals surface area contributed by atoms with Crippen LogP contribution in [0.15, 0.2) is 30.3 Å². The molecule has 1 aromatic rings. The zero-order valence-electron chi connectivity index (χ0n) is 12.1. The van der Waals surface area contributed by atoms with E-state index >= 15 is 0 Å². The highest BCUT2D eigenvalue weighted by atomic mass is 16.3. The lowest BCUT2D eigenvalue weighted by molar-refractivity contribution is -0.0960. The summed E-state index contributed by atoms with van der Waals surface area (Å²) in [7, 11) is 0. The van der Waals surface area contributed by atoms with Crippen molar-refractivity contribution in [2.45, 2.75) is 44.2 Å². The number of benzene rings is 1. The van der Waals surface area contributed by atoms with E-state index in [-0.39, 0.29) is 5.54 Å². The van der Waals surface area contributed by atoms with Crippen molar-refractivity contribution >= 4 is 0 Å². The van der Waals surface area contributed by atoms with E-state index in [1.165, 1.54) is 37.7 Å². The first-order valence-electron chi connectivity index (χ1n) is 8.20. The van der Waals surface area contributed by atoms with E-state index in [0.717, 1.165) is 18.4 Å². The van der Waals surface area contributed by atoms with Crippen molar-refractivity contribution in [3.63, 3.8) is 0 Å². The summed E-state index contributed by atoms with van der Waals surface area (Å²) in [5, 5.41) is 14.0. The lowest BCUT2D eigenvalue weighted by Gasteiger charge is -2.61. The van der Waals surface area contributed by atoms with E-state index in [2.05, 4.69) is 35.6 Å². The van der Waals surface area contributed by atoms with E-state index in [9.17, 15) is 5.11 Å². The van der Waals surface area contributed by atoms with Crippen LogP contribution in [0.1, 0.15) is 37.7 Å². The molecular weight excluding hydrogens is 246 g/mol. The Labute approximate surface area is 121 Å². The molecule has 4 bridgehead atoms. The highest BCUT2D eigenvalue weighted by Gasteiger charge is 2.56. The summed E-state index contributed by atoms with van der Waals surface area (Å²) < 4.78 is 0. The zero-order valence-corrected chi connectivity index (χ0v) is 12.1. The van der Waals surface area contributed by atoms with Crippen LogP contribution < -0.4 is 5.32 Å². The lowest BCUT2D eigenvalue weighted by atomic mass is 9.48. The second-order valence-corrected chi connectivity index (χ2v) is 7.34. The average Bonchev–Trinajstić information content (AvgIpc) is 2.48. The SMILES string of the molecule is OCC1(NCc2ccccc2)C2CC3CC(C2)CC1C3. The summed E-state index contributed by atoms with van der Waals surface area (Å²) in [6.45, 7) is 1.21. The van der Waals surface area contributed by atoms with Crippen molar-refractivity contribution in [2.24, 2.45) is 23.7 Å². The monoisotopic (exact) mass is 271 g/mol. The van der Waals surface area contributed by atoms with Crippen molar-refractivity contribution in [3.8, 4) is 0 Å². The molecule has 5 rings (SSSR count). The molecule has 4 fully saturated rings. The van der Waals surface area contributed by atoms with E-state index in [1.54, 1.807) is 0 Å². The Morgan fingerprint density at radius 2 is 1.55 bits per heavy atom. The van der Waals surface area contributed by atoms with Crippen LogP contribution in [0.25, 0.3) is 0 Å². The fourth-order valence-electron chi connectivity index (χ4n) is 5.49. The van der Waals surface area contributed by atoms with Crippen LogP contribution in [-0.2, 0) is 6.54 Å². The molecule has 2 nitrogen and oxygen atoms in total. The van der Waals surface area contributed by atoms with Gasteiger partial charge in [-0.15, -0.1) is 0 Å². The van der Waals surface area contributed by atoms with E-state index in [4.69, 9.17) is 0 Å². The Hall–Kier alpha value is -0.860. The smallest absolute Gasteiger partial charge is 0.0618 e. The summed E-state index contributed by atoms with van der Waals surface area (Å²) >= 11 is 0. The molecule has 20 heavy (non-hydrogen) atoms. The molecule has 1 aromatic carbocycles. The second kappa shape index (κ2) is 4.85. The summed E-state index contributed by atoms with van der Waals surface area (Å²) in [5.74, 6) is 3.31. The van der Waals surface area contributed by atoms with Gasteiger partial charge in [-0.25, -0.2) is 0 Å². The van der Waals surface area contributed by atoms with Crippen molar-refractivity contribution < 1.29 is 5.11 Å². The number of rotatable bonds is 4. The van der Waals surface area contributed by atoms with Gasteiger partial charge in [0.1, 0.15) is 0 Å². The van der Waals surface area contributed by atoms with Crippen molar-refractivity contribution in [3.05, 3.63) is 35.9 Å². The summed E-state index contributed by atoms with van der Waals surface area (Å²) in [6.07, 6.45) is 6.84. The average molecular weight is 271 g/mol. The summed E-state index contributed by atoms with van der Waals surface area (Å²) in [6, 6.07) is 10.6. The van der Waals surface area contributed by atoms with Crippen molar-refractivity contribution in [1.29, 1.82) is 0 Å². The van der Waals surface area contributed by atoms with Gasteiger partial charge in [0.05, 0.1) is 6.61 Å². The molecule has 0 saturated heterocycles. The van der Waals surface area contributed by atoms with E-state index in [0.29, 0.717) is 18.4 Å². The van der Waals surface area contributed by atoms with E-state index in [1.807, 2.05) is 0 Å². The van der Waals surface area contributed by atoms with Gasteiger partial charge in [0.25, 0.3) is 0 Å². The maximum Gasteiger partial charge on any atom is 0.0618 e. The second-order valence-electron chi connectivity index (χ2n) is 7.34. The first-order chi connectivity index (χ1) is 9.80. The largest absolute Gasteiger partial charge is 0.394 e. The topological polar surface area (TPSA) is 32.3 Å². The number of aliphatic hydroxyl groups excluding tert-OH is 1. The molecule has 0 heterocycles. The molecule has 2 heteroatoms. The molecule has 0 radical (unpaired) electrons. The van der Waals surface area contributed by atoms with Gasteiger partial charge in [0.15, 0.2) is 0 Å². The number of hydrogen-bond acceptors (Lipinski definition) is 2. The Kier molecular flexibility index (Phi) is 3.12. The highest BCUT2D eigenvalue weighted by molar-refractivity contribution is 5.17. The molecule has 0 atom stereocenters. The quantitative estimate of drug-likeness (QED) is 0.882. The van der Waals surface area contributed by atoms with Crippen LogP contribution in [0, 0.1) is 23.7 Å². The molecule has 0 aliphatic heterocycles. The zero-order chi connectivity index (χ0) is 13.6. The van der Waals surface area contributed by atoms with Crippen LogP contribution in [0.5, 0.6) is 0 Å². The maximum absolute atomic E-state index is 10.2. The van der Waals surface area contributed by atoms with Gasteiger partial charge in [-0.2, -0.15) is 0 Å². The summed E-state index contributed by atoms with van der Waals surface area (Å²) in [4.78, 5) is 0. The van der Waals surface area contributed by atoms with Crippen LogP contribution in [-0.4, -0.2) is 17.3 Å². The fourth-order valence-corrected chi connectivity index (χ4v) is 5.49. The molecule has 0 aromatic heterocycles. The minimum atomic E-state index is 0.00324. The third-order valence-electron chi connectivity index (χ3n) is 6.32. The van der Waals surface area contributed by atoms with Crippen molar-refractivity contribution in [1.82, 2.24) is 5.32 Å². The van der Waals surface area contributed by atoms with Crippen LogP contribution in [0.4, 0.5) is 0 Å². The molecule has 108 valence electrons. The fraction of sp³-hybridized carbons (Fsp3) is 0.667. The molecule has 0 spiro atoms. The Bertz CT molecular complexity index is 442. The minimum absolute atomic E-state index is 0.00324. The standard InChI is InChI=1S/C18H25NO/c20-12-18(19-11-13-4-2-1-3-5-13)16-7-14-6-15(9-16)10-17(18)8-14/h1-5,14-17,19-20H,6-12H2. The number of hydrogen-bond donors (Lipinski definition) is 2. The highest BCUT2D eigenvalue weighted by Crippen LogP contribution is 2.58. The van der Waals surface area contributed by atoms with E-state index < -0.39 is 0 Å². The van der Waals surface area contributed by atoms with Gasteiger partial charge in [-0.1, -0.05) is 30.3 Å². The third-order valence-corrected chi connectivity index (χ3v) is 6.32.